The summed E-state index contributed by atoms with van der Waals surface area (Å²) < 4.78 is 5.85. The predicted octanol–water partition coefficient (Wildman–Crippen LogP) is 6.49. The molecule has 2 aromatic carbocycles. The normalized spacial score (nSPS) is 10.4. The summed E-state index contributed by atoms with van der Waals surface area (Å²) in [5.41, 5.74) is 2.50. The molecule has 0 aromatic heterocycles. The van der Waals surface area contributed by atoms with Crippen molar-refractivity contribution in [1.82, 2.24) is 10.2 Å². The van der Waals surface area contributed by atoms with Crippen LogP contribution in [0.25, 0.3) is 0 Å². The molecule has 2 aromatic rings. The lowest BCUT2D eigenvalue weighted by atomic mass is 10.2. The highest BCUT2D eigenvalue weighted by atomic mass is 35.5. The Morgan fingerprint density at radius 1 is 0.733 bits per heavy atom. The number of ether oxygens (including phenoxy) is 1. The summed E-state index contributed by atoms with van der Waals surface area (Å²) in [7, 11) is 0. The largest absolute Gasteiger partial charge is 0.489 e. The molecule has 3 nitrogen and oxygen atoms in total. The molecule has 0 heterocycles. The van der Waals surface area contributed by atoms with E-state index >= 15 is 0 Å². The first-order valence-electron chi connectivity index (χ1n) is 11.0. The Morgan fingerprint density at radius 2 is 1.33 bits per heavy atom. The average molecular weight is 456 g/mol. The molecule has 0 atom stereocenters. The Morgan fingerprint density at radius 3 is 1.93 bits per heavy atom. The van der Waals surface area contributed by atoms with Crippen molar-refractivity contribution < 1.29 is 4.74 Å². The standard InChI is InChI=1S/C25H38N2O.2ClH/c1-3-5-18-27(19-6-4-2)20-10-17-26-21-23-13-15-25(16-14-23)28-22-24-11-8-7-9-12-24;;/h7-9,11-16,26H,3-6,10,17-22H2,1-2H3;2*1H. The molecule has 1 N–H and O–H groups in total. The van der Waals surface area contributed by atoms with E-state index < -0.39 is 0 Å². The van der Waals surface area contributed by atoms with Crippen molar-refractivity contribution in [2.45, 2.75) is 59.1 Å². The molecule has 0 unspecified atom stereocenters. The van der Waals surface area contributed by atoms with Crippen LogP contribution in [-0.4, -0.2) is 31.1 Å². The van der Waals surface area contributed by atoms with Gasteiger partial charge in [-0.1, -0.05) is 69.2 Å². The van der Waals surface area contributed by atoms with E-state index in [-0.39, 0.29) is 24.8 Å². The third-order valence-electron chi connectivity index (χ3n) is 4.98. The van der Waals surface area contributed by atoms with Crippen molar-refractivity contribution in [3.63, 3.8) is 0 Å². The smallest absolute Gasteiger partial charge is 0.119 e. The van der Waals surface area contributed by atoms with Gasteiger partial charge in [0.1, 0.15) is 12.4 Å². The van der Waals surface area contributed by atoms with E-state index in [9.17, 15) is 0 Å². The first-order chi connectivity index (χ1) is 13.8. The minimum atomic E-state index is 0. The van der Waals surface area contributed by atoms with E-state index in [2.05, 4.69) is 60.5 Å². The van der Waals surface area contributed by atoms with Crippen LogP contribution in [0.4, 0.5) is 0 Å². The van der Waals surface area contributed by atoms with Crippen LogP contribution in [0.5, 0.6) is 5.75 Å². The van der Waals surface area contributed by atoms with Gasteiger partial charge >= 0.3 is 0 Å². The molecule has 0 spiro atoms. The van der Waals surface area contributed by atoms with Crippen molar-refractivity contribution in [1.29, 1.82) is 0 Å². The van der Waals surface area contributed by atoms with Gasteiger partial charge in [0.25, 0.3) is 0 Å². The molecule has 0 bridgehead atoms. The number of nitrogens with one attached hydrogen (secondary N) is 1. The van der Waals surface area contributed by atoms with Gasteiger partial charge in [-0.2, -0.15) is 0 Å². The third-order valence-corrected chi connectivity index (χ3v) is 4.98. The SMILES string of the molecule is CCCCN(CCCC)CCCNCc1ccc(OCc2ccccc2)cc1.Cl.Cl. The molecule has 0 radical (unpaired) electrons. The number of hydrogen-bond acceptors (Lipinski definition) is 3. The van der Waals surface area contributed by atoms with Crippen LogP contribution in [0.15, 0.2) is 54.6 Å². The van der Waals surface area contributed by atoms with Crippen molar-refractivity contribution >= 4 is 24.8 Å². The molecule has 0 aliphatic heterocycles. The van der Waals surface area contributed by atoms with Gasteiger partial charge < -0.3 is 15.0 Å². The van der Waals surface area contributed by atoms with Crippen molar-refractivity contribution in [3.8, 4) is 5.75 Å². The molecule has 0 aliphatic rings. The molecular formula is C25H40Cl2N2O. The molecule has 0 fully saturated rings. The topological polar surface area (TPSA) is 24.5 Å². The fraction of sp³-hybridized carbons (Fsp3) is 0.520. The van der Waals surface area contributed by atoms with E-state index in [1.165, 1.54) is 62.9 Å². The predicted molar refractivity (Wildman–Crippen MR) is 134 cm³/mol. The van der Waals surface area contributed by atoms with Crippen LogP contribution in [0, 0.1) is 0 Å². The monoisotopic (exact) mass is 454 g/mol. The summed E-state index contributed by atoms with van der Waals surface area (Å²) in [4.78, 5) is 2.63. The minimum Gasteiger partial charge on any atom is -0.489 e. The molecule has 0 saturated carbocycles. The van der Waals surface area contributed by atoms with Crippen molar-refractivity contribution in [3.05, 3.63) is 65.7 Å². The maximum Gasteiger partial charge on any atom is 0.119 e. The highest BCUT2D eigenvalue weighted by Gasteiger charge is 2.03. The van der Waals surface area contributed by atoms with Gasteiger partial charge in [-0.05, 0) is 68.7 Å². The number of nitrogens with zero attached hydrogens (tertiary/aromatic N) is 1. The van der Waals surface area contributed by atoms with Crippen molar-refractivity contribution in [2.24, 2.45) is 0 Å². The average Bonchev–Trinajstić information content (AvgIpc) is 2.75. The zero-order valence-corrected chi connectivity index (χ0v) is 20.3. The van der Waals surface area contributed by atoms with Crippen LogP contribution in [0.3, 0.4) is 0 Å². The molecule has 0 amide bonds. The molecule has 30 heavy (non-hydrogen) atoms. The second-order valence-corrected chi connectivity index (χ2v) is 7.50. The number of rotatable bonds is 15. The van der Waals surface area contributed by atoms with Crippen LogP contribution in [0.1, 0.15) is 57.1 Å². The summed E-state index contributed by atoms with van der Waals surface area (Å²) in [6.07, 6.45) is 6.41. The van der Waals surface area contributed by atoms with Gasteiger partial charge in [-0.25, -0.2) is 0 Å². The van der Waals surface area contributed by atoms with E-state index in [0.29, 0.717) is 6.61 Å². The van der Waals surface area contributed by atoms with Gasteiger partial charge in [0, 0.05) is 6.54 Å². The fourth-order valence-electron chi connectivity index (χ4n) is 3.20. The zero-order chi connectivity index (χ0) is 19.9. The maximum absolute atomic E-state index is 5.85. The Kier molecular flexibility index (Phi) is 17.7. The number of halogens is 2. The minimum absolute atomic E-state index is 0. The molecule has 0 aliphatic carbocycles. The van der Waals surface area contributed by atoms with E-state index in [4.69, 9.17) is 4.74 Å². The zero-order valence-electron chi connectivity index (χ0n) is 18.6. The molecule has 0 saturated heterocycles. The van der Waals surface area contributed by atoms with Gasteiger partial charge in [0.15, 0.2) is 0 Å². The Balaban J connectivity index is 0.00000420. The first-order valence-corrected chi connectivity index (χ1v) is 11.0. The second kappa shape index (κ2) is 18.5. The third kappa shape index (κ3) is 12.4. The lowest BCUT2D eigenvalue weighted by Gasteiger charge is -2.22. The summed E-state index contributed by atoms with van der Waals surface area (Å²) in [6, 6.07) is 18.7. The lowest BCUT2D eigenvalue weighted by molar-refractivity contribution is 0.261. The van der Waals surface area contributed by atoms with E-state index in [1.54, 1.807) is 0 Å². The molecule has 170 valence electrons. The Labute approximate surface area is 196 Å². The van der Waals surface area contributed by atoms with E-state index in [1.807, 2.05) is 18.2 Å². The van der Waals surface area contributed by atoms with Gasteiger partial charge in [0.2, 0.25) is 0 Å². The van der Waals surface area contributed by atoms with Crippen LogP contribution in [0.2, 0.25) is 0 Å². The van der Waals surface area contributed by atoms with Gasteiger partial charge in [-0.15, -0.1) is 24.8 Å². The fourth-order valence-corrected chi connectivity index (χ4v) is 3.20. The second-order valence-electron chi connectivity index (χ2n) is 7.50. The first kappa shape index (κ1) is 28.7. The van der Waals surface area contributed by atoms with Crippen LogP contribution in [-0.2, 0) is 13.2 Å². The molecular weight excluding hydrogens is 415 g/mol. The van der Waals surface area contributed by atoms with Crippen LogP contribution >= 0.6 is 24.8 Å². The highest BCUT2D eigenvalue weighted by molar-refractivity contribution is 5.85. The lowest BCUT2D eigenvalue weighted by Crippen LogP contribution is -2.29. The van der Waals surface area contributed by atoms with E-state index in [0.717, 1.165) is 18.8 Å². The highest BCUT2D eigenvalue weighted by Crippen LogP contribution is 2.14. The maximum atomic E-state index is 5.85. The summed E-state index contributed by atoms with van der Waals surface area (Å²) in [5.74, 6) is 0.926. The quantitative estimate of drug-likeness (QED) is 0.311. The Bertz CT molecular complexity index is 615. The van der Waals surface area contributed by atoms with Crippen LogP contribution < -0.4 is 10.1 Å². The van der Waals surface area contributed by atoms with Crippen molar-refractivity contribution in [2.75, 3.05) is 26.2 Å². The summed E-state index contributed by atoms with van der Waals surface area (Å²) >= 11 is 0. The van der Waals surface area contributed by atoms with Gasteiger partial charge in [0.05, 0.1) is 0 Å². The van der Waals surface area contributed by atoms with Gasteiger partial charge in [-0.3, -0.25) is 0 Å². The summed E-state index contributed by atoms with van der Waals surface area (Å²) in [5, 5.41) is 3.58. The number of unbranched alkanes of at least 4 members (excludes halogenated alkanes) is 2. The Hall–Kier alpha value is -1.26. The molecule has 5 heteroatoms. The summed E-state index contributed by atoms with van der Waals surface area (Å²) in [6.45, 7) is 10.9. The number of benzene rings is 2. The number of hydrogen-bond donors (Lipinski definition) is 1. The molecule has 2 rings (SSSR count).